The number of hydrogen-bond donors (Lipinski definition) is 2. The second-order valence-corrected chi connectivity index (χ2v) is 5.50. The molecule has 0 saturated heterocycles. The maximum absolute atomic E-state index is 11.9. The Morgan fingerprint density at radius 1 is 1.22 bits per heavy atom. The number of methoxy groups -OCH3 is 2. The van der Waals surface area contributed by atoms with Crippen molar-refractivity contribution in [3.05, 3.63) is 58.6 Å². The van der Waals surface area contributed by atoms with Crippen molar-refractivity contribution in [1.29, 1.82) is 0 Å². The molecule has 0 spiro atoms. The van der Waals surface area contributed by atoms with E-state index in [9.17, 15) is 4.79 Å². The Kier molecular flexibility index (Phi) is 4.96. The number of nitrogens with two attached hydrogens (primary N) is 1. The molecular formula is C18H16N6O3. The molecule has 3 rings (SSSR count). The molecule has 0 saturated carbocycles. The van der Waals surface area contributed by atoms with Crippen molar-refractivity contribution in [3.63, 3.8) is 0 Å². The van der Waals surface area contributed by atoms with Crippen molar-refractivity contribution < 1.29 is 14.3 Å². The van der Waals surface area contributed by atoms with Gasteiger partial charge in [0.05, 0.1) is 31.0 Å². The lowest BCUT2D eigenvalue weighted by atomic mass is 10.1. The maximum Gasteiger partial charge on any atom is 0.252 e. The summed E-state index contributed by atoms with van der Waals surface area (Å²) in [4.78, 5) is 19.0. The third-order valence-electron chi connectivity index (χ3n) is 3.91. The average Bonchev–Trinajstić information content (AvgIpc) is 2.67. The summed E-state index contributed by atoms with van der Waals surface area (Å²) in [6.07, 6.45) is 1.40. The lowest BCUT2D eigenvalue weighted by molar-refractivity contribution is 0.100. The van der Waals surface area contributed by atoms with Gasteiger partial charge in [-0.2, -0.15) is 0 Å². The topological polar surface area (TPSA) is 135 Å². The fraction of sp³-hybridized carbons (Fsp3) is 0.111. The largest absolute Gasteiger partial charge is 0.493 e. The fourth-order valence-corrected chi connectivity index (χ4v) is 2.68. The third-order valence-corrected chi connectivity index (χ3v) is 3.91. The van der Waals surface area contributed by atoms with E-state index in [0.29, 0.717) is 39.5 Å². The zero-order chi connectivity index (χ0) is 19.4. The van der Waals surface area contributed by atoms with Crippen LogP contribution in [0.3, 0.4) is 0 Å². The first-order valence-corrected chi connectivity index (χ1v) is 7.84. The zero-order valence-electron chi connectivity index (χ0n) is 14.6. The molecule has 27 heavy (non-hydrogen) atoms. The Bertz CT molecular complexity index is 1080. The van der Waals surface area contributed by atoms with E-state index in [0.717, 1.165) is 0 Å². The van der Waals surface area contributed by atoms with Crippen LogP contribution in [-0.4, -0.2) is 25.1 Å². The number of rotatable bonds is 6. The summed E-state index contributed by atoms with van der Waals surface area (Å²) in [6.45, 7) is 0. The summed E-state index contributed by atoms with van der Waals surface area (Å²) < 4.78 is 10.6. The number of fused-ring (bicyclic) bond motifs is 1. The lowest BCUT2D eigenvalue weighted by Gasteiger charge is -2.15. The van der Waals surface area contributed by atoms with Gasteiger partial charge in [0.2, 0.25) is 0 Å². The van der Waals surface area contributed by atoms with Gasteiger partial charge < -0.3 is 20.5 Å². The quantitative estimate of drug-likeness (QED) is 0.386. The van der Waals surface area contributed by atoms with E-state index in [4.69, 9.17) is 20.7 Å². The predicted octanol–water partition coefficient (Wildman–Crippen LogP) is 4.04. The number of aromatic nitrogens is 1. The van der Waals surface area contributed by atoms with Crippen LogP contribution in [0.15, 0.2) is 47.7 Å². The van der Waals surface area contributed by atoms with Crippen molar-refractivity contribution in [1.82, 2.24) is 4.98 Å². The fourth-order valence-electron chi connectivity index (χ4n) is 2.68. The van der Waals surface area contributed by atoms with Crippen LogP contribution in [0.5, 0.6) is 11.5 Å². The second-order valence-electron chi connectivity index (χ2n) is 5.50. The number of ether oxygens (including phenoxy) is 2. The molecule has 0 unspecified atom stereocenters. The van der Waals surface area contributed by atoms with Crippen LogP contribution < -0.4 is 20.5 Å². The summed E-state index contributed by atoms with van der Waals surface area (Å²) in [6, 6.07) is 10.2. The Hall–Kier alpha value is -3.97. The van der Waals surface area contributed by atoms with Crippen LogP contribution in [0.1, 0.15) is 10.4 Å². The highest BCUT2D eigenvalue weighted by Crippen LogP contribution is 2.37. The summed E-state index contributed by atoms with van der Waals surface area (Å²) >= 11 is 0. The van der Waals surface area contributed by atoms with E-state index in [2.05, 4.69) is 20.3 Å². The van der Waals surface area contributed by atoms with Gasteiger partial charge in [-0.25, -0.2) is 0 Å². The van der Waals surface area contributed by atoms with Crippen LogP contribution in [0.2, 0.25) is 0 Å². The van der Waals surface area contributed by atoms with E-state index >= 15 is 0 Å². The van der Waals surface area contributed by atoms with Crippen molar-refractivity contribution in [2.75, 3.05) is 19.5 Å². The van der Waals surface area contributed by atoms with Gasteiger partial charge in [0, 0.05) is 33.9 Å². The summed E-state index contributed by atoms with van der Waals surface area (Å²) in [7, 11) is 3.05. The number of benzene rings is 2. The van der Waals surface area contributed by atoms with Crippen LogP contribution in [0.25, 0.3) is 21.3 Å². The van der Waals surface area contributed by atoms with Crippen LogP contribution in [0, 0.1) is 0 Å². The number of anilines is 2. The molecule has 9 nitrogen and oxygen atoms in total. The van der Waals surface area contributed by atoms with Crippen molar-refractivity contribution in [2.24, 2.45) is 10.8 Å². The van der Waals surface area contributed by atoms with Gasteiger partial charge in [-0.05, 0) is 23.7 Å². The van der Waals surface area contributed by atoms with Gasteiger partial charge in [-0.3, -0.25) is 9.78 Å². The van der Waals surface area contributed by atoms with E-state index in [-0.39, 0.29) is 5.56 Å². The molecule has 2 aromatic carbocycles. The average molecular weight is 364 g/mol. The SMILES string of the molecule is COc1cc2ncc(C(N)=O)c(Nc3cccc(N=[N+]=[N-])c3)c2cc1OC. The number of nitrogens with zero attached hydrogens (tertiary/aromatic N) is 4. The number of carbonyl (C=O) groups is 1. The number of carbonyl (C=O) groups excluding carboxylic acids is 1. The maximum atomic E-state index is 11.9. The van der Waals surface area contributed by atoms with E-state index in [1.165, 1.54) is 20.4 Å². The minimum Gasteiger partial charge on any atom is -0.493 e. The number of primary amides is 1. The highest BCUT2D eigenvalue weighted by molar-refractivity contribution is 6.08. The van der Waals surface area contributed by atoms with Gasteiger partial charge in [-0.15, -0.1) is 0 Å². The Balaban J connectivity index is 2.21. The van der Waals surface area contributed by atoms with Crippen molar-refractivity contribution >= 4 is 33.9 Å². The molecule has 0 radical (unpaired) electrons. The van der Waals surface area contributed by atoms with Gasteiger partial charge in [0.1, 0.15) is 0 Å². The third kappa shape index (κ3) is 3.53. The minimum atomic E-state index is -0.632. The number of hydrogen-bond acceptors (Lipinski definition) is 6. The molecule has 1 heterocycles. The van der Waals surface area contributed by atoms with Gasteiger partial charge in [0.15, 0.2) is 11.5 Å². The molecule has 0 aliphatic rings. The normalized spacial score (nSPS) is 10.1. The monoisotopic (exact) mass is 364 g/mol. The molecule has 136 valence electrons. The van der Waals surface area contributed by atoms with Crippen molar-refractivity contribution in [2.45, 2.75) is 0 Å². The highest BCUT2D eigenvalue weighted by Gasteiger charge is 2.16. The van der Waals surface area contributed by atoms with E-state index in [1.54, 1.807) is 36.4 Å². The van der Waals surface area contributed by atoms with E-state index in [1.807, 2.05) is 0 Å². The van der Waals surface area contributed by atoms with Gasteiger partial charge in [0.25, 0.3) is 5.91 Å². The second kappa shape index (κ2) is 7.51. The first-order valence-electron chi connectivity index (χ1n) is 7.84. The number of azide groups is 1. The Morgan fingerprint density at radius 3 is 2.63 bits per heavy atom. The van der Waals surface area contributed by atoms with E-state index < -0.39 is 5.91 Å². The lowest BCUT2D eigenvalue weighted by Crippen LogP contribution is -2.14. The standard InChI is InChI=1S/C18H16N6O3/c1-26-15-7-12-14(8-16(15)27-2)21-9-13(18(19)25)17(12)22-10-4-3-5-11(6-10)23-24-20/h3-9H,1-2H3,(H2,19,25)(H,21,22). The predicted molar refractivity (Wildman–Crippen MR) is 102 cm³/mol. The summed E-state index contributed by atoms with van der Waals surface area (Å²) in [5.41, 5.74) is 16.4. The highest BCUT2D eigenvalue weighted by atomic mass is 16.5. The number of nitrogens with one attached hydrogen (secondary N) is 1. The molecule has 1 aromatic heterocycles. The van der Waals surface area contributed by atoms with Gasteiger partial charge >= 0.3 is 0 Å². The minimum absolute atomic E-state index is 0.212. The molecule has 0 bridgehead atoms. The van der Waals surface area contributed by atoms with Gasteiger partial charge in [-0.1, -0.05) is 17.2 Å². The molecule has 0 atom stereocenters. The number of amides is 1. The molecule has 9 heteroatoms. The molecule has 3 aromatic rings. The molecule has 1 amide bonds. The number of pyridine rings is 1. The molecule has 0 aliphatic carbocycles. The smallest absolute Gasteiger partial charge is 0.252 e. The van der Waals surface area contributed by atoms with Crippen LogP contribution >= 0.6 is 0 Å². The molecule has 0 aliphatic heterocycles. The van der Waals surface area contributed by atoms with Crippen LogP contribution in [-0.2, 0) is 0 Å². The first kappa shape index (κ1) is 17.8. The molecule has 0 fully saturated rings. The molecule has 3 N–H and O–H groups in total. The van der Waals surface area contributed by atoms with Crippen LogP contribution in [0.4, 0.5) is 17.1 Å². The molecular weight excluding hydrogens is 348 g/mol. The summed E-state index contributed by atoms with van der Waals surface area (Å²) in [5.74, 6) is 0.368. The van der Waals surface area contributed by atoms with Crippen molar-refractivity contribution in [3.8, 4) is 11.5 Å². The Morgan fingerprint density at radius 2 is 1.96 bits per heavy atom. The first-order chi connectivity index (χ1) is 13.1. The zero-order valence-corrected chi connectivity index (χ0v) is 14.6. The summed E-state index contributed by atoms with van der Waals surface area (Å²) in [5, 5.41) is 7.37. The Labute approximate surface area is 154 Å².